The Bertz CT molecular complexity index is 934. The van der Waals surface area contributed by atoms with E-state index in [0.29, 0.717) is 6.42 Å². The molecule has 1 heterocycles. The molecule has 1 saturated heterocycles. The quantitative estimate of drug-likeness (QED) is 0.0601. The summed E-state index contributed by atoms with van der Waals surface area (Å²) in [7, 11) is 0. The maximum absolute atomic E-state index is 13.7. The molecule has 0 aromatic heterocycles. The van der Waals surface area contributed by atoms with Gasteiger partial charge in [-0.05, 0) is 32.1 Å². The van der Waals surface area contributed by atoms with Crippen molar-refractivity contribution >= 4 is 17.7 Å². The van der Waals surface area contributed by atoms with Crippen LogP contribution in [-0.4, -0.2) is 33.7 Å². The van der Waals surface area contributed by atoms with Gasteiger partial charge in [-0.15, -0.1) is 0 Å². The van der Waals surface area contributed by atoms with Crippen LogP contribution in [0.15, 0.2) is 23.8 Å². The summed E-state index contributed by atoms with van der Waals surface area (Å²) >= 11 is 0. The van der Waals surface area contributed by atoms with Crippen molar-refractivity contribution in [2.45, 2.75) is 175 Å². The number of aliphatic carboxylic acids is 1. The number of allylic oxidation sites excluding steroid dienone is 2. The maximum Gasteiger partial charge on any atom is 0.332 e. The molecule has 6 nitrogen and oxygen atoms in total. The van der Waals surface area contributed by atoms with E-state index in [9.17, 15) is 24.6 Å². The summed E-state index contributed by atoms with van der Waals surface area (Å²) < 4.78 is 5.58. The number of rotatable bonds is 25. The molecule has 6 heteroatoms. The lowest BCUT2D eigenvalue weighted by atomic mass is 9.54. The number of aliphatic hydroxyl groups is 1. The van der Waals surface area contributed by atoms with E-state index in [4.69, 9.17) is 4.74 Å². The summed E-state index contributed by atoms with van der Waals surface area (Å²) in [5.74, 6) is -6.55. The summed E-state index contributed by atoms with van der Waals surface area (Å²) in [5, 5.41) is 21.5. The van der Waals surface area contributed by atoms with E-state index in [2.05, 4.69) is 13.8 Å². The predicted molar refractivity (Wildman–Crippen MR) is 178 cm³/mol. The summed E-state index contributed by atoms with van der Waals surface area (Å²) in [6.45, 7) is 7.23. The monoisotopic (exact) mass is 616 g/mol. The fourth-order valence-corrected chi connectivity index (χ4v) is 7.67. The summed E-state index contributed by atoms with van der Waals surface area (Å²) in [6, 6.07) is 0. The molecular weight excluding hydrogens is 552 g/mol. The second-order valence-corrected chi connectivity index (χ2v) is 13.8. The number of esters is 1. The summed E-state index contributed by atoms with van der Waals surface area (Å²) in [6.07, 6.45) is 31.3. The lowest BCUT2D eigenvalue weighted by Crippen LogP contribution is -2.52. The average molecular weight is 617 g/mol. The first-order chi connectivity index (χ1) is 21.1. The number of unbranched alkanes of at least 4 members (excludes halogenated alkanes) is 19. The molecule has 1 fully saturated rings. The van der Waals surface area contributed by atoms with E-state index in [1.54, 1.807) is 6.08 Å². The van der Waals surface area contributed by atoms with Crippen molar-refractivity contribution < 1.29 is 29.3 Å². The highest BCUT2D eigenvalue weighted by Gasteiger charge is 2.69. The number of carboxylic acids is 1. The zero-order valence-electron chi connectivity index (χ0n) is 28.5. The second kappa shape index (κ2) is 20.2. The van der Waals surface area contributed by atoms with Crippen LogP contribution in [0.3, 0.4) is 0 Å². The molecule has 0 spiro atoms. The fraction of sp³-hybridized carbons (Fsp3) is 0.816. The lowest BCUT2D eigenvalue weighted by molar-refractivity contribution is -0.197. The van der Waals surface area contributed by atoms with Gasteiger partial charge in [0.25, 0.3) is 0 Å². The Kier molecular flexibility index (Phi) is 17.6. The Balaban J connectivity index is 2.08. The molecule has 0 bridgehead atoms. The van der Waals surface area contributed by atoms with E-state index in [-0.39, 0.29) is 11.4 Å². The van der Waals surface area contributed by atoms with Crippen LogP contribution < -0.4 is 0 Å². The number of hydrogen-bond acceptors (Lipinski definition) is 5. The number of cyclic esters (lactones) is 1. The molecular formula is C38H64O6. The number of carboxylic acid groups (broad SMARTS) is 1. The molecule has 0 radical (unpaired) electrons. The minimum atomic E-state index is -1.93. The van der Waals surface area contributed by atoms with E-state index >= 15 is 0 Å². The Hall–Kier alpha value is -1.95. The van der Waals surface area contributed by atoms with Crippen LogP contribution in [0, 0.1) is 23.2 Å². The van der Waals surface area contributed by atoms with Gasteiger partial charge >= 0.3 is 11.9 Å². The van der Waals surface area contributed by atoms with E-state index in [1.807, 2.05) is 12.2 Å². The highest BCUT2D eigenvalue weighted by molar-refractivity contribution is 5.99. The molecule has 0 saturated carbocycles. The van der Waals surface area contributed by atoms with E-state index < -0.39 is 40.9 Å². The third-order valence-corrected chi connectivity index (χ3v) is 10.1. The average Bonchev–Trinajstić information content (AvgIpc) is 3.18. The molecule has 2 N–H and O–H groups in total. The number of ketones is 1. The maximum atomic E-state index is 13.7. The van der Waals surface area contributed by atoms with Crippen molar-refractivity contribution in [2.75, 3.05) is 0 Å². The Morgan fingerprint density at radius 3 is 1.70 bits per heavy atom. The first-order valence-electron chi connectivity index (χ1n) is 18.2. The first kappa shape index (κ1) is 38.2. The minimum Gasteiger partial charge on any atom is -0.478 e. The van der Waals surface area contributed by atoms with Gasteiger partial charge in [-0.1, -0.05) is 154 Å². The number of fused-ring (bicyclic) bond motifs is 1. The van der Waals surface area contributed by atoms with Gasteiger partial charge in [-0.3, -0.25) is 9.59 Å². The molecule has 0 unspecified atom stereocenters. The van der Waals surface area contributed by atoms with Gasteiger partial charge in [0, 0.05) is 12.5 Å². The van der Waals surface area contributed by atoms with Crippen molar-refractivity contribution in [1.29, 1.82) is 0 Å². The van der Waals surface area contributed by atoms with Gasteiger partial charge in [0.05, 0.1) is 11.8 Å². The number of carbonyl (C=O) groups excluding carboxylic acids is 2. The molecule has 1 aliphatic heterocycles. The van der Waals surface area contributed by atoms with Gasteiger partial charge in [-0.2, -0.15) is 0 Å². The lowest BCUT2D eigenvalue weighted by Gasteiger charge is -2.44. The number of carbonyl (C=O) groups is 3. The van der Waals surface area contributed by atoms with Crippen LogP contribution in [0.1, 0.15) is 169 Å². The van der Waals surface area contributed by atoms with Crippen LogP contribution in [-0.2, 0) is 19.1 Å². The van der Waals surface area contributed by atoms with Crippen molar-refractivity contribution in [3.63, 3.8) is 0 Å². The van der Waals surface area contributed by atoms with Crippen LogP contribution in [0.25, 0.3) is 0 Å². The third kappa shape index (κ3) is 11.1. The molecule has 2 rings (SSSR count). The van der Waals surface area contributed by atoms with Crippen molar-refractivity contribution in [3.8, 4) is 0 Å². The van der Waals surface area contributed by atoms with Crippen LogP contribution >= 0.6 is 0 Å². The smallest absolute Gasteiger partial charge is 0.332 e. The molecule has 2 aliphatic rings. The van der Waals surface area contributed by atoms with Crippen LogP contribution in [0.4, 0.5) is 0 Å². The second-order valence-electron chi connectivity index (χ2n) is 13.8. The van der Waals surface area contributed by atoms with Gasteiger partial charge in [0.2, 0.25) is 5.79 Å². The first-order valence-corrected chi connectivity index (χ1v) is 18.2. The predicted octanol–water partition coefficient (Wildman–Crippen LogP) is 9.88. The Morgan fingerprint density at radius 1 is 0.795 bits per heavy atom. The van der Waals surface area contributed by atoms with Crippen molar-refractivity contribution in [3.05, 3.63) is 23.8 Å². The Labute approximate surface area is 268 Å². The van der Waals surface area contributed by atoms with Gasteiger partial charge in [0.15, 0.2) is 0 Å². The number of hydrogen-bond donors (Lipinski definition) is 2. The zero-order valence-corrected chi connectivity index (χ0v) is 28.5. The zero-order chi connectivity index (χ0) is 32.4. The van der Waals surface area contributed by atoms with Gasteiger partial charge < -0.3 is 14.9 Å². The third-order valence-electron chi connectivity index (χ3n) is 10.1. The van der Waals surface area contributed by atoms with Crippen molar-refractivity contribution in [2.24, 2.45) is 23.2 Å². The van der Waals surface area contributed by atoms with Crippen LogP contribution in [0.2, 0.25) is 0 Å². The van der Waals surface area contributed by atoms with Crippen LogP contribution in [0.5, 0.6) is 0 Å². The fourth-order valence-electron chi connectivity index (χ4n) is 7.67. The normalized spacial score (nSPS) is 26.5. The molecule has 44 heavy (non-hydrogen) atoms. The van der Waals surface area contributed by atoms with Gasteiger partial charge in [0.1, 0.15) is 11.2 Å². The largest absolute Gasteiger partial charge is 0.478 e. The molecule has 0 amide bonds. The molecule has 252 valence electrons. The highest BCUT2D eigenvalue weighted by atomic mass is 16.7. The molecule has 0 aromatic rings. The standard InChI is InChI=1S/C38H64O6/c1-5-7-9-11-13-15-17-18-20-22-24-26-28-38-31(27-25-23-21-19-16-14-12-10-8-6-2)29-32(35(40)41)33(30(3)39)34(38)37(4,43)44-36(38)42/h26,28-29,31,33-34,43H,5-25,27H2,1-4H3,(H,40,41)/b28-26+/t31-,33+,34+,37+,38+/m1/s1. The van der Waals surface area contributed by atoms with E-state index in [0.717, 1.165) is 38.5 Å². The molecule has 0 aromatic carbocycles. The number of ether oxygens (including phenoxy) is 1. The summed E-state index contributed by atoms with van der Waals surface area (Å²) in [4.78, 5) is 39.0. The minimum absolute atomic E-state index is 0.0168. The summed E-state index contributed by atoms with van der Waals surface area (Å²) in [5.41, 5.74) is -1.27. The van der Waals surface area contributed by atoms with Gasteiger partial charge in [-0.25, -0.2) is 4.79 Å². The Morgan fingerprint density at radius 2 is 1.25 bits per heavy atom. The molecule has 5 atom stereocenters. The SMILES string of the molecule is CCCCCCCCCCCC/C=C/[C@@]12C(=O)O[C@](C)(O)[C@@H]1[C@@H](C(C)=O)C(C(=O)O)=C[C@H]2CCCCCCCCCCCC. The topological polar surface area (TPSA) is 101 Å². The van der Waals surface area contributed by atoms with Crippen molar-refractivity contribution in [1.82, 2.24) is 0 Å². The number of Topliss-reactive ketones (excluding diaryl/α,β-unsaturated/α-hetero) is 1. The molecule has 1 aliphatic carbocycles. The highest BCUT2D eigenvalue weighted by Crippen LogP contribution is 2.60. The van der Waals surface area contributed by atoms with E-state index in [1.165, 1.54) is 110 Å².